The van der Waals surface area contributed by atoms with Crippen LogP contribution < -0.4 is 5.32 Å². The van der Waals surface area contributed by atoms with Crippen LogP contribution >= 0.6 is 15.9 Å². The summed E-state index contributed by atoms with van der Waals surface area (Å²) >= 11 is 3.26. The van der Waals surface area contributed by atoms with Crippen LogP contribution in [0.5, 0.6) is 0 Å². The van der Waals surface area contributed by atoms with E-state index in [1.165, 1.54) is 0 Å². The molecule has 4 nitrogen and oxygen atoms in total. The molecule has 3 unspecified atom stereocenters. The van der Waals surface area contributed by atoms with Gasteiger partial charge in [-0.05, 0) is 19.8 Å². The minimum Gasteiger partial charge on any atom is -0.373 e. The van der Waals surface area contributed by atoms with Crippen LogP contribution in [-0.4, -0.2) is 48.7 Å². The second kappa shape index (κ2) is 7.41. The number of hydrogen-bond donors (Lipinski definition) is 1. The predicted molar refractivity (Wildman–Crippen MR) is 81.3 cm³/mol. The molecule has 1 amide bonds. The molecule has 110 valence electrons. The van der Waals surface area contributed by atoms with E-state index < -0.39 is 0 Å². The van der Waals surface area contributed by atoms with Crippen LogP contribution in [0.4, 0.5) is 0 Å². The Morgan fingerprint density at radius 2 is 1.95 bits per heavy atom. The smallest absolute Gasteiger partial charge is 0.237 e. The predicted octanol–water partition coefficient (Wildman–Crippen LogP) is 2.15. The maximum Gasteiger partial charge on any atom is 0.237 e. The first kappa shape index (κ1) is 16.7. The summed E-state index contributed by atoms with van der Waals surface area (Å²) in [6.45, 7) is 14.1. The normalized spacial score (nSPS) is 26.2. The van der Waals surface area contributed by atoms with Gasteiger partial charge in [-0.2, -0.15) is 0 Å². The largest absolute Gasteiger partial charge is 0.373 e. The molecule has 1 rings (SSSR count). The van der Waals surface area contributed by atoms with E-state index in [2.05, 4.69) is 60.4 Å². The summed E-state index contributed by atoms with van der Waals surface area (Å²) < 4.78 is 6.51. The second-order valence-electron chi connectivity index (χ2n) is 5.64. The molecule has 3 atom stereocenters. The molecule has 1 aliphatic rings. The number of ether oxygens (including phenoxy) is 1. The van der Waals surface area contributed by atoms with E-state index in [1.54, 1.807) is 0 Å². The Bertz CT molecular complexity index is 323. The molecule has 0 saturated carbocycles. The third kappa shape index (κ3) is 5.24. The van der Waals surface area contributed by atoms with Gasteiger partial charge in [0.05, 0.1) is 18.2 Å². The number of carbonyl (C=O) groups is 1. The molecule has 0 aromatic rings. The highest BCUT2D eigenvalue weighted by atomic mass is 79.9. The molecule has 5 heteroatoms. The topological polar surface area (TPSA) is 41.6 Å². The van der Waals surface area contributed by atoms with Crippen molar-refractivity contribution in [1.82, 2.24) is 10.2 Å². The summed E-state index contributed by atoms with van der Waals surface area (Å²) in [5.74, 6) is 0.331. The standard InChI is InChI=1S/C14H25BrN2O2/c1-9(2)13(14(18)16-6-10(3)15)17-7-11(4)19-12(5)8-17/h9,11-13H,3,6-8H2,1-2,4-5H3,(H,16,18). The van der Waals surface area contributed by atoms with E-state index in [0.29, 0.717) is 6.54 Å². The lowest BCUT2D eigenvalue weighted by molar-refractivity contribution is -0.135. The van der Waals surface area contributed by atoms with Crippen molar-refractivity contribution in [2.24, 2.45) is 5.92 Å². The van der Waals surface area contributed by atoms with Gasteiger partial charge in [0.2, 0.25) is 5.91 Å². The van der Waals surface area contributed by atoms with E-state index in [1.807, 2.05) is 0 Å². The molecule has 1 heterocycles. The van der Waals surface area contributed by atoms with Gasteiger partial charge in [-0.25, -0.2) is 0 Å². The Kier molecular flexibility index (Phi) is 6.50. The van der Waals surface area contributed by atoms with Crippen LogP contribution in [0.2, 0.25) is 0 Å². The van der Waals surface area contributed by atoms with Crippen LogP contribution in [0.25, 0.3) is 0 Å². The molecule has 1 saturated heterocycles. The molecule has 1 N–H and O–H groups in total. The van der Waals surface area contributed by atoms with E-state index in [4.69, 9.17) is 4.74 Å². The van der Waals surface area contributed by atoms with Gasteiger partial charge in [0, 0.05) is 24.1 Å². The number of morpholine rings is 1. The van der Waals surface area contributed by atoms with Gasteiger partial charge >= 0.3 is 0 Å². The maximum atomic E-state index is 12.3. The van der Waals surface area contributed by atoms with Crippen LogP contribution in [-0.2, 0) is 9.53 Å². The van der Waals surface area contributed by atoms with Crippen molar-refractivity contribution in [2.75, 3.05) is 19.6 Å². The van der Waals surface area contributed by atoms with Gasteiger partial charge in [-0.1, -0.05) is 36.4 Å². The fraction of sp³-hybridized carbons (Fsp3) is 0.786. The average molecular weight is 333 g/mol. The van der Waals surface area contributed by atoms with Gasteiger partial charge in [-0.3, -0.25) is 9.69 Å². The van der Waals surface area contributed by atoms with E-state index in [9.17, 15) is 4.79 Å². The molecule has 0 aromatic heterocycles. The molecule has 0 aromatic carbocycles. The van der Waals surface area contributed by atoms with Crippen molar-refractivity contribution in [1.29, 1.82) is 0 Å². The quantitative estimate of drug-likeness (QED) is 0.838. The molecule has 19 heavy (non-hydrogen) atoms. The number of hydrogen-bond acceptors (Lipinski definition) is 3. The average Bonchev–Trinajstić information content (AvgIpc) is 2.24. The Labute approximate surface area is 124 Å². The fourth-order valence-electron chi connectivity index (χ4n) is 2.62. The number of nitrogens with zero attached hydrogens (tertiary/aromatic N) is 1. The second-order valence-corrected chi connectivity index (χ2v) is 6.76. The zero-order valence-corrected chi connectivity index (χ0v) is 13.9. The van der Waals surface area contributed by atoms with Crippen molar-refractivity contribution in [3.05, 3.63) is 11.1 Å². The van der Waals surface area contributed by atoms with Crippen LogP contribution in [0.1, 0.15) is 27.7 Å². The minimum atomic E-state index is -0.111. The van der Waals surface area contributed by atoms with E-state index in [0.717, 1.165) is 17.6 Å². The Balaban J connectivity index is 2.70. The third-order valence-electron chi connectivity index (χ3n) is 3.20. The number of halogens is 1. The summed E-state index contributed by atoms with van der Waals surface area (Å²) in [6.07, 6.45) is 0.341. The molecule has 0 aliphatic carbocycles. The fourth-order valence-corrected chi connectivity index (χ4v) is 2.76. The summed E-state index contributed by atoms with van der Waals surface area (Å²) in [7, 11) is 0. The number of nitrogens with one attached hydrogen (secondary N) is 1. The molecule has 0 bridgehead atoms. The maximum absolute atomic E-state index is 12.3. The Morgan fingerprint density at radius 1 is 1.42 bits per heavy atom. The zero-order valence-electron chi connectivity index (χ0n) is 12.3. The molecule has 0 radical (unpaired) electrons. The van der Waals surface area contributed by atoms with Gasteiger partial charge in [-0.15, -0.1) is 0 Å². The highest BCUT2D eigenvalue weighted by molar-refractivity contribution is 9.11. The van der Waals surface area contributed by atoms with Crippen molar-refractivity contribution < 1.29 is 9.53 Å². The van der Waals surface area contributed by atoms with Crippen molar-refractivity contribution in [2.45, 2.75) is 45.9 Å². The zero-order chi connectivity index (χ0) is 14.6. The first-order chi connectivity index (χ1) is 8.81. The van der Waals surface area contributed by atoms with Crippen LogP contribution in [0.3, 0.4) is 0 Å². The lowest BCUT2D eigenvalue weighted by Crippen LogP contribution is -2.57. The Morgan fingerprint density at radius 3 is 2.37 bits per heavy atom. The summed E-state index contributed by atoms with van der Waals surface area (Å²) in [5, 5.41) is 2.92. The highest BCUT2D eigenvalue weighted by Crippen LogP contribution is 2.18. The first-order valence-electron chi connectivity index (χ1n) is 6.81. The lowest BCUT2D eigenvalue weighted by atomic mass is 9.99. The van der Waals surface area contributed by atoms with Crippen molar-refractivity contribution in [3.8, 4) is 0 Å². The first-order valence-corrected chi connectivity index (χ1v) is 7.61. The number of rotatable bonds is 5. The molecule has 0 spiro atoms. The van der Waals surface area contributed by atoms with Gasteiger partial charge in [0.1, 0.15) is 0 Å². The minimum absolute atomic E-state index is 0.0666. The third-order valence-corrected chi connectivity index (χ3v) is 3.48. The van der Waals surface area contributed by atoms with E-state index in [-0.39, 0.29) is 30.1 Å². The highest BCUT2D eigenvalue weighted by Gasteiger charge is 2.33. The molecule has 1 fully saturated rings. The van der Waals surface area contributed by atoms with Crippen LogP contribution in [0.15, 0.2) is 11.1 Å². The Hall–Kier alpha value is -0.390. The van der Waals surface area contributed by atoms with Crippen LogP contribution in [0, 0.1) is 5.92 Å². The molecular weight excluding hydrogens is 308 g/mol. The number of carbonyl (C=O) groups excluding carboxylic acids is 1. The molecule has 1 aliphatic heterocycles. The van der Waals surface area contributed by atoms with Crippen molar-refractivity contribution >= 4 is 21.8 Å². The number of amides is 1. The van der Waals surface area contributed by atoms with Gasteiger partial charge < -0.3 is 10.1 Å². The van der Waals surface area contributed by atoms with E-state index >= 15 is 0 Å². The monoisotopic (exact) mass is 332 g/mol. The van der Waals surface area contributed by atoms with Gasteiger partial charge in [0.25, 0.3) is 0 Å². The van der Waals surface area contributed by atoms with Crippen molar-refractivity contribution in [3.63, 3.8) is 0 Å². The van der Waals surface area contributed by atoms with Gasteiger partial charge in [0.15, 0.2) is 0 Å². The summed E-state index contributed by atoms with van der Waals surface area (Å²) in [5.41, 5.74) is 0. The summed E-state index contributed by atoms with van der Waals surface area (Å²) in [6, 6.07) is -0.111. The summed E-state index contributed by atoms with van der Waals surface area (Å²) in [4.78, 5) is 14.6. The SMILES string of the molecule is C=C(Br)CNC(=O)C(C(C)C)N1CC(C)OC(C)C1. The lowest BCUT2D eigenvalue weighted by Gasteiger charge is -2.41. The molecular formula is C14H25BrN2O2.